The van der Waals surface area contributed by atoms with E-state index in [0.717, 1.165) is 34.6 Å². The van der Waals surface area contributed by atoms with Gasteiger partial charge in [-0.1, -0.05) is 56.3 Å². The summed E-state index contributed by atoms with van der Waals surface area (Å²) in [6, 6.07) is 20.9. The molecule has 1 saturated heterocycles. The van der Waals surface area contributed by atoms with Gasteiger partial charge < -0.3 is 24.4 Å². The van der Waals surface area contributed by atoms with Gasteiger partial charge in [-0.2, -0.15) is 0 Å². The van der Waals surface area contributed by atoms with Gasteiger partial charge in [-0.15, -0.1) is 0 Å². The zero-order valence-corrected chi connectivity index (χ0v) is 22.9. The molecule has 1 N–H and O–H groups in total. The number of furan rings is 1. The zero-order valence-electron chi connectivity index (χ0n) is 22.9. The van der Waals surface area contributed by atoms with E-state index in [0.29, 0.717) is 38.4 Å². The van der Waals surface area contributed by atoms with E-state index in [1.807, 2.05) is 59.5 Å². The van der Waals surface area contributed by atoms with Crippen molar-refractivity contribution < 1.29 is 18.8 Å². The third-order valence-corrected chi connectivity index (χ3v) is 8.08. The second-order valence-corrected chi connectivity index (χ2v) is 11.6. The summed E-state index contributed by atoms with van der Waals surface area (Å²) in [5.74, 6) is 0.229. The van der Waals surface area contributed by atoms with Gasteiger partial charge in [-0.3, -0.25) is 14.4 Å². The van der Waals surface area contributed by atoms with Crippen LogP contribution in [0.3, 0.4) is 0 Å². The van der Waals surface area contributed by atoms with Crippen LogP contribution in [-0.4, -0.2) is 60.1 Å². The van der Waals surface area contributed by atoms with Crippen LogP contribution in [0.2, 0.25) is 0 Å². The Kier molecular flexibility index (Phi) is 6.70. The number of piperazine rings is 1. The van der Waals surface area contributed by atoms with Crippen LogP contribution >= 0.6 is 0 Å². The molecule has 206 valence electrons. The largest absolute Gasteiger partial charge is 0.459 e. The minimum absolute atomic E-state index is 0.0338. The third-order valence-electron chi connectivity index (χ3n) is 8.08. The Bertz CT molecular complexity index is 1450. The number of nitrogens with zero attached hydrogens (tertiary/aromatic N) is 3. The summed E-state index contributed by atoms with van der Waals surface area (Å²) in [7, 11) is 0. The Hall–Kier alpha value is -4.33. The van der Waals surface area contributed by atoms with Crippen LogP contribution < -0.4 is 10.2 Å². The van der Waals surface area contributed by atoms with E-state index in [2.05, 4.69) is 24.1 Å². The van der Waals surface area contributed by atoms with Crippen LogP contribution in [0.4, 0.5) is 11.4 Å². The molecule has 0 saturated carbocycles. The van der Waals surface area contributed by atoms with Crippen LogP contribution in [0.15, 0.2) is 88.7 Å². The molecule has 40 heavy (non-hydrogen) atoms. The Balaban J connectivity index is 1.32. The van der Waals surface area contributed by atoms with Crippen LogP contribution in [0.1, 0.15) is 48.8 Å². The lowest BCUT2D eigenvalue weighted by Crippen LogP contribution is -2.53. The number of rotatable bonds is 4. The average molecular weight is 539 g/mol. The van der Waals surface area contributed by atoms with Gasteiger partial charge in [-0.05, 0) is 41.7 Å². The van der Waals surface area contributed by atoms with Crippen LogP contribution in [0.25, 0.3) is 0 Å². The average Bonchev–Trinajstić information content (AvgIpc) is 3.45. The van der Waals surface area contributed by atoms with Crippen molar-refractivity contribution in [3.05, 3.63) is 95.6 Å². The fourth-order valence-electron chi connectivity index (χ4n) is 6.17. The summed E-state index contributed by atoms with van der Waals surface area (Å²) in [4.78, 5) is 46.0. The van der Waals surface area contributed by atoms with Crippen molar-refractivity contribution in [1.29, 1.82) is 0 Å². The number of anilines is 2. The Morgan fingerprint density at radius 2 is 1.60 bits per heavy atom. The first kappa shape index (κ1) is 25.9. The number of carbonyl (C=O) groups is 3. The van der Waals surface area contributed by atoms with Crippen molar-refractivity contribution in [1.82, 2.24) is 9.80 Å². The molecule has 3 aliphatic rings. The van der Waals surface area contributed by atoms with E-state index in [-0.39, 0.29) is 29.6 Å². The zero-order chi connectivity index (χ0) is 27.9. The maximum absolute atomic E-state index is 13.9. The van der Waals surface area contributed by atoms with Crippen LogP contribution in [0, 0.1) is 5.41 Å². The summed E-state index contributed by atoms with van der Waals surface area (Å²) in [6.45, 7) is 6.12. The van der Waals surface area contributed by atoms with Crippen molar-refractivity contribution in [2.75, 3.05) is 42.9 Å². The SMILES string of the molecule is CC1(C)CC(=O)C2=C(C1)Nc1ccccc1N(CC(=O)N1CCN(C(=O)c3ccco3)CC1)C2c1ccccc1. The molecule has 1 aliphatic carbocycles. The second kappa shape index (κ2) is 10.3. The van der Waals surface area contributed by atoms with E-state index in [1.54, 1.807) is 17.0 Å². The predicted octanol–water partition coefficient (Wildman–Crippen LogP) is 4.88. The first-order valence-corrected chi connectivity index (χ1v) is 13.9. The van der Waals surface area contributed by atoms with Gasteiger partial charge in [0.2, 0.25) is 5.91 Å². The van der Waals surface area contributed by atoms with Gasteiger partial charge in [0.15, 0.2) is 11.5 Å². The molecule has 2 aromatic carbocycles. The van der Waals surface area contributed by atoms with Crippen molar-refractivity contribution in [2.45, 2.75) is 32.7 Å². The molecule has 2 aliphatic heterocycles. The molecule has 0 radical (unpaired) electrons. The highest BCUT2D eigenvalue weighted by Gasteiger charge is 2.42. The Morgan fingerprint density at radius 3 is 2.33 bits per heavy atom. The summed E-state index contributed by atoms with van der Waals surface area (Å²) >= 11 is 0. The van der Waals surface area contributed by atoms with Crippen molar-refractivity contribution in [3.8, 4) is 0 Å². The quantitative estimate of drug-likeness (QED) is 0.510. The van der Waals surface area contributed by atoms with E-state index in [4.69, 9.17) is 4.42 Å². The minimum atomic E-state index is -0.401. The lowest BCUT2D eigenvalue weighted by molar-refractivity contribution is -0.131. The van der Waals surface area contributed by atoms with E-state index >= 15 is 0 Å². The molecular formula is C32H34N4O4. The Morgan fingerprint density at radius 1 is 0.900 bits per heavy atom. The molecule has 1 atom stereocenters. The normalized spacial score (nSPS) is 20.4. The third kappa shape index (κ3) is 4.90. The lowest BCUT2D eigenvalue weighted by atomic mass is 9.73. The fraction of sp³-hybridized carbons (Fsp3) is 0.344. The van der Waals surface area contributed by atoms with Gasteiger partial charge in [0.05, 0.1) is 30.2 Å². The van der Waals surface area contributed by atoms with Crippen molar-refractivity contribution >= 4 is 29.0 Å². The van der Waals surface area contributed by atoms with Crippen LogP contribution in [0.5, 0.6) is 0 Å². The van der Waals surface area contributed by atoms with E-state index in [1.165, 1.54) is 6.26 Å². The smallest absolute Gasteiger partial charge is 0.289 e. The number of ketones is 1. The monoisotopic (exact) mass is 538 g/mol. The molecule has 3 heterocycles. The molecule has 0 bridgehead atoms. The van der Waals surface area contributed by atoms with Gasteiger partial charge in [0.1, 0.15) is 0 Å². The number of benzene rings is 2. The molecule has 8 nitrogen and oxygen atoms in total. The minimum Gasteiger partial charge on any atom is -0.459 e. The molecule has 8 heteroatoms. The number of para-hydroxylation sites is 2. The number of Topliss-reactive ketones (excluding diaryl/α,β-unsaturated/α-hetero) is 1. The van der Waals surface area contributed by atoms with Gasteiger partial charge >= 0.3 is 0 Å². The first-order valence-electron chi connectivity index (χ1n) is 13.9. The summed E-state index contributed by atoms with van der Waals surface area (Å²) < 4.78 is 5.27. The highest BCUT2D eigenvalue weighted by molar-refractivity contribution is 6.02. The topological polar surface area (TPSA) is 86.1 Å². The molecule has 1 fully saturated rings. The fourth-order valence-corrected chi connectivity index (χ4v) is 6.17. The van der Waals surface area contributed by atoms with Gasteiger partial charge in [-0.25, -0.2) is 0 Å². The summed E-state index contributed by atoms with van der Waals surface area (Å²) in [5, 5.41) is 3.60. The van der Waals surface area contributed by atoms with Gasteiger partial charge in [0, 0.05) is 43.9 Å². The maximum atomic E-state index is 13.9. The van der Waals surface area contributed by atoms with Crippen LogP contribution in [-0.2, 0) is 9.59 Å². The summed E-state index contributed by atoms with van der Waals surface area (Å²) in [6.07, 6.45) is 2.70. The lowest BCUT2D eigenvalue weighted by Gasteiger charge is -2.39. The number of carbonyl (C=O) groups excluding carboxylic acids is 3. The van der Waals surface area contributed by atoms with Crippen molar-refractivity contribution in [2.24, 2.45) is 5.41 Å². The van der Waals surface area contributed by atoms with Gasteiger partial charge in [0.25, 0.3) is 5.91 Å². The van der Waals surface area contributed by atoms with E-state index in [9.17, 15) is 14.4 Å². The number of hydrogen-bond acceptors (Lipinski definition) is 6. The maximum Gasteiger partial charge on any atom is 0.289 e. The first-order chi connectivity index (χ1) is 19.3. The number of fused-ring (bicyclic) bond motifs is 1. The predicted molar refractivity (Wildman–Crippen MR) is 153 cm³/mol. The molecule has 2 amide bonds. The Labute approximate surface area is 234 Å². The molecular weight excluding hydrogens is 504 g/mol. The molecule has 0 spiro atoms. The molecule has 1 aromatic heterocycles. The number of amides is 2. The highest BCUT2D eigenvalue weighted by atomic mass is 16.3. The highest BCUT2D eigenvalue weighted by Crippen LogP contribution is 2.48. The molecule has 1 unspecified atom stereocenters. The number of allylic oxidation sites excluding steroid dienone is 1. The second-order valence-electron chi connectivity index (χ2n) is 11.6. The number of nitrogens with one attached hydrogen (secondary N) is 1. The standard InChI is InChI=1S/C32H34N4O4/c1-32(2)19-24-29(26(37)20-32)30(22-9-4-3-5-10-22)36(25-12-7-6-11-23(25)33-24)21-28(38)34-14-16-35(17-15-34)31(39)27-13-8-18-40-27/h3-13,18,30,33H,14-17,19-21H2,1-2H3. The molecule has 6 rings (SSSR count). The van der Waals surface area contributed by atoms with Crippen molar-refractivity contribution in [3.63, 3.8) is 0 Å². The number of hydrogen-bond donors (Lipinski definition) is 1. The van der Waals surface area contributed by atoms with E-state index < -0.39 is 6.04 Å². The molecule has 3 aromatic rings. The summed E-state index contributed by atoms with van der Waals surface area (Å²) in [5.41, 5.74) is 4.27.